The molecule has 0 spiro atoms. The molecule has 2 rings (SSSR count). The van der Waals surface area contributed by atoms with Crippen molar-refractivity contribution in [3.05, 3.63) is 64.7 Å². The first-order valence-corrected chi connectivity index (χ1v) is 9.51. The zero-order valence-corrected chi connectivity index (χ0v) is 15.5. The van der Waals surface area contributed by atoms with Gasteiger partial charge in [-0.1, -0.05) is 41.9 Å². The van der Waals surface area contributed by atoms with Gasteiger partial charge in [-0.05, 0) is 42.9 Å². The molecule has 0 aliphatic carbocycles. The first-order valence-electron chi connectivity index (χ1n) is 7.91. The molecule has 0 saturated carbocycles. The summed E-state index contributed by atoms with van der Waals surface area (Å²) in [6, 6.07) is 15.2. The molecular formula is C19H20ClNO3S. The van der Waals surface area contributed by atoms with Gasteiger partial charge in [0.25, 0.3) is 5.91 Å². The van der Waals surface area contributed by atoms with Gasteiger partial charge in [-0.2, -0.15) is 0 Å². The van der Waals surface area contributed by atoms with Crippen LogP contribution in [0.4, 0.5) is 0 Å². The van der Waals surface area contributed by atoms with Gasteiger partial charge in [-0.25, -0.2) is 4.79 Å². The number of hydrogen-bond donors (Lipinski definition) is 1. The number of amides is 1. The van der Waals surface area contributed by atoms with E-state index in [9.17, 15) is 9.59 Å². The van der Waals surface area contributed by atoms with Crippen molar-refractivity contribution >= 4 is 35.2 Å². The quantitative estimate of drug-likeness (QED) is 0.429. The highest BCUT2D eigenvalue weighted by atomic mass is 35.5. The lowest BCUT2D eigenvalue weighted by Crippen LogP contribution is -2.29. The highest BCUT2D eigenvalue weighted by molar-refractivity contribution is 7.98. The number of nitrogens with one attached hydrogen (secondary N) is 1. The number of carbonyl (C=O) groups excluding carboxylic acids is 2. The Labute approximate surface area is 156 Å². The van der Waals surface area contributed by atoms with Crippen LogP contribution in [-0.2, 0) is 16.0 Å². The van der Waals surface area contributed by atoms with Crippen molar-refractivity contribution < 1.29 is 14.3 Å². The fraction of sp³-hybridized carbons (Fsp3) is 0.263. The van der Waals surface area contributed by atoms with Crippen LogP contribution in [0.25, 0.3) is 0 Å². The third-order valence-electron chi connectivity index (χ3n) is 3.54. The summed E-state index contributed by atoms with van der Waals surface area (Å²) in [6.45, 7) is 0.220. The molecular weight excluding hydrogens is 358 g/mol. The molecule has 1 N–H and O–H groups in total. The van der Waals surface area contributed by atoms with Gasteiger partial charge in [-0.3, -0.25) is 4.79 Å². The van der Waals surface area contributed by atoms with Gasteiger partial charge in [0, 0.05) is 11.4 Å². The lowest BCUT2D eigenvalue weighted by molar-refractivity contribution is -0.124. The van der Waals surface area contributed by atoms with E-state index < -0.39 is 5.97 Å². The average molecular weight is 378 g/mol. The number of carbonyl (C=O) groups is 2. The summed E-state index contributed by atoms with van der Waals surface area (Å²) in [4.78, 5) is 24.7. The van der Waals surface area contributed by atoms with Gasteiger partial charge in [-0.15, -0.1) is 11.8 Å². The van der Waals surface area contributed by atoms with Gasteiger partial charge < -0.3 is 10.1 Å². The van der Waals surface area contributed by atoms with E-state index in [4.69, 9.17) is 16.3 Å². The van der Waals surface area contributed by atoms with Gasteiger partial charge in [0.2, 0.25) is 0 Å². The Balaban J connectivity index is 1.71. The minimum atomic E-state index is -0.597. The Morgan fingerprint density at radius 2 is 1.92 bits per heavy atom. The molecule has 0 saturated heterocycles. The fourth-order valence-electron chi connectivity index (χ4n) is 2.21. The van der Waals surface area contributed by atoms with Gasteiger partial charge in [0.05, 0.1) is 10.6 Å². The number of hydrogen-bond acceptors (Lipinski definition) is 4. The van der Waals surface area contributed by atoms with Crippen LogP contribution in [0.5, 0.6) is 0 Å². The van der Waals surface area contributed by atoms with Crippen molar-refractivity contribution in [1.29, 1.82) is 0 Å². The highest BCUT2D eigenvalue weighted by Crippen LogP contribution is 2.23. The van der Waals surface area contributed by atoms with Gasteiger partial charge in [0.15, 0.2) is 6.61 Å². The largest absolute Gasteiger partial charge is 0.452 e. The topological polar surface area (TPSA) is 55.4 Å². The third kappa shape index (κ3) is 6.44. The van der Waals surface area contributed by atoms with E-state index in [1.165, 1.54) is 17.3 Å². The standard InChI is InChI=1S/C19H20ClNO3S/c1-25-15-9-10-17(20)16(12-15)19(23)24-13-18(22)21-11-5-8-14-6-3-2-4-7-14/h2-4,6-7,9-10,12H,5,8,11,13H2,1H3,(H,21,22). The molecule has 2 aromatic rings. The van der Waals surface area contributed by atoms with Crippen molar-refractivity contribution in [3.8, 4) is 0 Å². The molecule has 4 nitrogen and oxygen atoms in total. The van der Waals surface area contributed by atoms with Crippen molar-refractivity contribution in [3.63, 3.8) is 0 Å². The Morgan fingerprint density at radius 3 is 2.64 bits per heavy atom. The van der Waals surface area contributed by atoms with Crippen molar-refractivity contribution in [2.45, 2.75) is 17.7 Å². The fourth-order valence-corrected chi connectivity index (χ4v) is 2.85. The third-order valence-corrected chi connectivity index (χ3v) is 4.59. The molecule has 0 unspecified atom stereocenters. The van der Waals surface area contributed by atoms with E-state index in [0.29, 0.717) is 11.6 Å². The molecule has 25 heavy (non-hydrogen) atoms. The minimum Gasteiger partial charge on any atom is -0.452 e. The maximum Gasteiger partial charge on any atom is 0.340 e. The molecule has 132 valence electrons. The number of ether oxygens (including phenoxy) is 1. The van der Waals surface area contributed by atoms with E-state index in [1.54, 1.807) is 12.1 Å². The summed E-state index contributed by atoms with van der Waals surface area (Å²) in [6.07, 6.45) is 3.62. The molecule has 0 bridgehead atoms. The van der Waals surface area contributed by atoms with E-state index in [-0.39, 0.29) is 18.1 Å². The molecule has 0 fully saturated rings. The Bertz CT molecular complexity index is 722. The predicted molar refractivity (Wildman–Crippen MR) is 101 cm³/mol. The molecule has 2 aromatic carbocycles. The molecule has 0 aromatic heterocycles. The number of benzene rings is 2. The lowest BCUT2D eigenvalue weighted by Gasteiger charge is -2.08. The maximum atomic E-state index is 12.1. The second-order valence-electron chi connectivity index (χ2n) is 5.36. The van der Waals surface area contributed by atoms with Crippen LogP contribution in [0, 0.1) is 0 Å². The Kier molecular flexibility index (Phi) is 7.82. The smallest absolute Gasteiger partial charge is 0.340 e. The maximum absolute atomic E-state index is 12.1. The molecule has 0 radical (unpaired) electrons. The molecule has 0 aliphatic rings. The minimum absolute atomic E-state index is 0.269. The number of rotatable bonds is 8. The van der Waals surface area contributed by atoms with E-state index in [2.05, 4.69) is 17.4 Å². The van der Waals surface area contributed by atoms with Crippen LogP contribution < -0.4 is 5.32 Å². The predicted octanol–water partition coefficient (Wildman–Crippen LogP) is 3.97. The summed E-state index contributed by atoms with van der Waals surface area (Å²) < 4.78 is 5.04. The zero-order valence-electron chi connectivity index (χ0n) is 14.0. The van der Waals surface area contributed by atoms with Crippen molar-refractivity contribution in [2.24, 2.45) is 0 Å². The summed E-state index contributed by atoms with van der Waals surface area (Å²) >= 11 is 7.51. The van der Waals surface area contributed by atoms with Crippen LogP contribution in [-0.4, -0.2) is 31.3 Å². The van der Waals surface area contributed by atoms with Crippen LogP contribution >= 0.6 is 23.4 Å². The van der Waals surface area contributed by atoms with Crippen molar-refractivity contribution in [2.75, 3.05) is 19.4 Å². The van der Waals surface area contributed by atoms with E-state index in [1.807, 2.05) is 30.5 Å². The Morgan fingerprint density at radius 1 is 1.16 bits per heavy atom. The Hall–Kier alpha value is -1.98. The summed E-state index contributed by atoms with van der Waals surface area (Å²) in [7, 11) is 0. The van der Waals surface area contributed by atoms with Crippen LogP contribution in [0.15, 0.2) is 53.4 Å². The molecule has 1 amide bonds. The second kappa shape index (κ2) is 10.1. The zero-order chi connectivity index (χ0) is 18.1. The van der Waals surface area contributed by atoms with Gasteiger partial charge >= 0.3 is 5.97 Å². The number of thioether (sulfide) groups is 1. The normalized spacial score (nSPS) is 10.3. The van der Waals surface area contributed by atoms with E-state index in [0.717, 1.165) is 17.7 Å². The molecule has 6 heteroatoms. The van der Waals surface area contributed by atoms with Gasteiger partial charge in [0.1, 0.15) is 0 Å². The first-order chi connectivity index (χ1) is 12.1. The number of aryl methyl sites for hydroxylation is 1. The first kappa shape index (κ1) is 19.3. The molecule has 0 atom stereocenters. The van der Waals surface area contributed by atoms with Crippen molar-refractivity contribution in [1.82, 2.24) is 5.32 Å². The highest BCUT2D eigenvalue weighted by Gasteiger charge is 2.14. The lowest BCUT2D eigenvalue weighted by atomic mass is 10.1. The van der Waals surface area contributed by atoms with Crippen LogP contribution in [0.3, 0.4) is 0 Å². The monoisotopic (exact) mass is 377 g/mol. The van der Waals surface area contributed by atoms with E-state index >= 15 is 0 Å². The number of esters is 1. The second-order valence-corrected chi connectivity index (χ2v) is 6.65. The molecule has 0 heterocycles. The summed E-state index contributed by atoms with van der Waals surface area (Å²) in [5.74, 6) is -0.918. The molecule has 0 aliphatic heterocycles. The average Bonchev–Trinajstić information content (AvgIpc) is 2.64. The SMILES string of the molecule is CSc1ccc(Cl)c(C(=O)OCC(=O)NCCCc2ccccc2)c1. The van der Waals surface area contributed by atoms with Crippen LogP contribution in [0.2, 0.25) is 5.02 Å². The van der Waals surface area contributed by atoms with Crippen LogP contribution in [0.1, 0.15) is 22.3 Å². The summed E-state index contributed by atoms with van der Waals surface area (Å²) in [5.41, 5.74) is 1.50. The number of halogens is 1. The summed E-state index contributed by atoms with van der Waals surface area (Å²) in [5, 5.41) is 3.05.